The predicted octanol–water partition coefficient (Wildman–Crippen LogP) is 5.38. The van der Waals surface area contributed by atoms with Crippen LogP contribution in [0.15, 0.2) is 40.2 Å². The first-order valence-corrected chi connectivity index (χ1v) is 7.76. The Morgan fingerprint density at radius 2 is 2.06 bits per heavy atom. The molecule has 0 saturated heterocycles. The fraction of sp³-hybridized carbons (Fsp3) is 0.286. The van der Waals surface area contributed by atoms with E-state index in [9.17, 15) is 0 Å². The fourth-order valence-corrected chi connectivity index (χ4v) is 3.86. The zero-order chi connectivity index (χ0) is 12.3. The topological polar surface area (TPSA) is 0 Å². The van der Waals surface area contributed by atoms with Gasteiger partial charge in [0.1, 0.15) is 0 Å². The van der Waals surface area contributed by atoms with Crippen LogP contribution in [-0.2, 0) is 6.42 Å². The molecular formula is C14H14BrClS. The standard InChI is InChI=1S/C14H14BrClS/c1-10-4-2-3-5-12(10)11(9-16)8-14-13(15)6-7-17-14/h2-7,11H,8-9H2,1H3. The molecule has 0 saturated carbocycles. The summed E-state index contributed by atoms with van der Waals surface area (Å²) in [6, 6.07) is 10.6. The van der Waals surface area contributed by atoms with Crippen molar-refractivity contribution in [1.82, 2.24) is 0 Å². The summed E-state index contributed by atoms with van der Waals surface area (Å²) in [5.74, 6) is 1.06. The van der Waals surface area contributed by atoms with Gasteiger partial charge in [0.25, 0.3) is 0 Å². The minimum atomic E-state index is 0.396. The molecule has 0 radical (unpaired) electrons. The number of alkyl halides is 1. The molecule has 0 N–H and O–H groups in total. The fourth-order valence-electron chi connectivity index (χ4n) is 1.99. The Kier molecular flexibility index (Phi) is 4.66. The molecule has 0 aliphatic heterocycles. The van der Waals surface area contributed by atoms with Gasteiger partial charge in [-0.25, -0.2) is 0 Å². The van der Waals surface area contributed by atoms with E-state index in [2.05, 4.69) is 58.6 Å². The number of aryl methyl sites for hydroxylation is 1. The molecule has 1 heterocycles. The number of rotatable bonds is 4. The third-order valence-corrected chi connectivity index (χ3v) is 5.26. The van der Waals surface area contributed by atoms with E-state index >= 15 is 0 Å². The summed E-state index contributed by atoms with van der Waals surface area (Å²) in [5.41, 5.74) is 2.69. The van der Waals surface area contributed by atoms with E-state index in [1.165, 1.54) is 20.5 Å². The van der Waals surface area contributed by atoms with E-state index in [-0.39, 0.29) is 0 Å². The maximum atomic E-state index is 6.13. The van der Waals surface area contributed by atoms with Gasteiger partial charge < -0.3 is 0 Å². The lowest BCUT2D eigenvalue weighted by molar-refractivity contribution is 0.768. The molecule has 0 fully saturated rings. The number of benzene rings is 1. The Balaban J connectivity index is 2.23. The van der Waals surface area contributed by atoms with Crippen molar-refractivity contribution in [3.05, 3.63) is 56.2 Å². The predicted molar refractivity (Wildman–Crippen MR) is 80.4 cm³/mol. The summed E-state index contributed by atoms with van der Waals surface area (Å²) in [6.07, 6.45) is 1.01. The molecule has 2 rings (SSSR count). The Morgan fingerprint density at radius 3 is 2.65 bits per heavy atom. The van der Waals surface area contributed by atoms with E-state index in [0.717, 1.165) is 6.42 Å². The van der Waals surface area contributed by atoms with Crippen molar-refractivity contribution in [2.75, 3.05) is 5.88 Å². The molecule has 17 heavy (non-hydrogen) atoms. The molecule has 0 spiro atoms. The van der Waals surface area contributed by atoms with Crippen LogP contribution in [0, 0.1) is 6.92 Å². The molecule has 3 heteroatoms. The molecule has 1 unspecified atom stereocenters. The largest absolute Gasteiger partial charge is 0.148 e. The van der Waals surface area contributed by atoms with Crippen molar-refractivity contribution in [2.24, 2.45) is 0 Å². The molecule has 1 aromatic heterocycles. The number of halogens is 2. The number of thiophene rings is 1. The molecule has 1 atom stereocenters. The van der Waals surface area contributed by atoms with Crippen molar-refractivity contribution in [2.45, 2.75) is 19.3 Å². The van der Waals surface area contributed by atoms with E-state index < -0.39 is 0 Å². The van der Waals surface area contributed by atoms with Gasteiger partial charge in [-0.3, -0.25) is 0 Å². The second-order valence-corrected chi connectivity index (χ2v) is 6.27. The van der Waals surface area contributed by atoms with Gasteiger partial charge in [0, 0.05) is 21.1 Å². The van der Waals surface area contributed by atoms with Crippen LogP contribution in [0.2, 0.25) is 0 Å². The van der Waals surface area contributed by atoms with Crippen LogP contribution in [0.1, 0.15) is 21.9 Å². The van der Waals surface area contributed by atoms with Crippen LogP contribution in [0.25, 0.3) is 0 Å². The van der Waals surface area contributed by atoms with Gasteiger partial charge >= 0.3 is 0 Å². The van der Waals surface area contributed by atoms with Crippen molar-refractivity contribution in [3.8, 4) is 0 Å². The van der Waals surface area contributed by atoms with Crippen molar-refractivity contribution in [1.29, 1.82) is 0 Å². The summed E-state index contributed by atoms with van der Waals surface area (Å²) in [7, 11) is 0. The molecule has 0 nitrogen and oxygen atoms in total. The first-order chi connectivity index (χ1) is 8.22. The lowest BCUT2D eigenvalue weighted by atomic mass is 9.93. The summed E-state index contributed by atoms with van der Waals surface area (Å²) >= 11 is 11.5. The summed E-state index contributed by atoms with van der Waals surface area (Å²) < 4.78 is 1.20. The monoisotopic (exact) mass is 328 g/mol. The van der Waals surface area contributed by atoms with Gasteiger partial charge in [-0.05, 0) is 51.8 Å². The van der Waals surface area contributed by atoms with Crippen LogP contribution >= 0.6 is 38.9 Å². The highest BCUT2D eigenvalue weighted by Crippen LogP contribution is 2.31. The zero-order valence-corrected chi connectivity index (χ0v) is 12.8. The first kappa shape index (κ1) is 13.1. The average molecular weight is 330 g/mol. The third kappa shape index (κ3) is 3.12. The minimum Gasteiger partial charge on any atom is -0.148 e. The van der Waals surface area contributed by atoms with Gasteiger partial charge in [-0.15, -0.1) is 22.9 Å². The van der Waals surface area contributed by atoms with E-state index in [1.54, 1.807) is 11.3 Å². The van der Waals surface area contributed by atoms with Crippen molar-refractivity contribution >= 4 is 38.9 Å². The van der Waals surface area contributed by atoms with Gasteiger partial charge in [-0.1, -0.05) is 24.3 Å². The Hall–Kier alpha value is -0.310. The van der Waals surface area contributed by atoms with Crippen LogP contribution < -0.4 is 0 Å². The second-order valence-electron chi connectivity index (χ2n) is 4.10. The molecule has 90 valence electrons. The normalized spacial score (nSPS) is 12.6. The number of hydrogen-bond donors (Lipinski definition) is 0. The SMILES string of the molecule is Cc1ccccc1C(CCl)Cc1sccc1Br. The molecule has 0 amide bonds. The molecule has 0 aliphatic carbocycles. The lowest BCUT2D eigenvalue weighted by Crippen LogP contribution is -2.05. The van der Waals surface area contributed by atoms with E-state index in [4.69, 9.17) is 11.6 Å². The Morgan fingerprint density at radius 1 is 1.29 bits per heavy atom. The van der Waals surface area contributed by atoms with Gasteiger partial charge in [0.2, 0.25) is 0 Å². The highest BCUT2D eigenvalue weighted by molar-refractivity contribution is 9.10. The van der Waals surface area contributed by atoms with E-state index in [0.29, 0.717) is 11.8 Å². The van der Waals surface area contributed by atoms with Crippen molar-refractivity contribution < 1.29 is 0 Å². The highest BCUT2D eigenvalue weighted by atomic mass is 79.9. The number of hydrogen-bond acceptors (Lipinski definition) is 1. The smallest absolute Gasteiger partial charge is 0.0314 e. The maximum absolute atomic E-state index is 6.13. The second kappa shape index (κ2) is 6.03. The zero-order valence-electron chi connectivity index (χ0n) is 9.62. The molecule has 2 aromatic rings. The molecule has 1 aromatic carbocycles. The third-order valence-electron chi connectivity index (χ3n) is 2.94. The van der Waals surface area contributed by atoms with E-state index in [1.807, 2.05) is 0 Å². The first-order valence-electron chi connectivity index (χ1n) is 5.55. The minimum absolute atomic E-state index is 0.396. The average Bonchev–Trinajstić information content (AvgIpc) is 2.73. The molecule has 0 bridgehead atoms. The van der Waals surface area contributed by atoms with Crippen LogP contribution in [-0.4, -0.2) is 5.88 Å². The summed E-state index contributed by atoms with van der Waals surface area (Å²) in [5, 5.41) is 2.11. The maximum Gasteiger partial charge on any atom is 0.0314 e. The lowest BCUT2D eigenvalue weighted by Gasteiger charge is -2.16. The van der Waals surface area contributed by atoms with Crippen molar-refractivity contribution in [3.63, 3.8) is 0 Å². The summed E-state index contributed by atoms with van der Waals surface area (Å²) in [6.45, 7) is 2.15. The Labute approximate surface area is 120 Å². The quantitative estimate of drug-likeness (QED) is 0.660. The van der Waals surface area contributed by atoms with Crippen LogP contribution in [0.4, 0.5) is 0 Å². The van der Waals surface area contributed by atoms with Gasteiger partial charge in [-0.2, -0.15) is 0 Å². The van der Waals surface area contributed by atoms with Gasteiger partial charge in [0.15, 0.2) is 0 Å². The molecular weight excluding hydrogens is 316 g/mol. The van der Waals surface area contributed by atoms with Crippen LogP contribution in [0.3, 0.4) is 0 Å². The van der Waals surface area contributed by atoms with Gasteiger partial charge in [0.05, 0.1) is 0 Å². The highest BCUT2D eigenvalue weighted by Gasteiger charge is 2.15. The molecule has 0 aliphatic rings. The summed E-state index contributed by atoms with van der Waals surface area (Å²) in [4.78, 5) is 1.37. The Bertz CT molecular complexity index is 492. The van der Waals surface area contributed by atoms with Crippen LogP contribution in [0.5, 0.6) is 0 Å².